The van der Waals surface area contributed by atoms with Crippen molar-refractivity contribution in [2.75, 3.05) is 32.7 Å². The molecule has 0 unspecified atom stereocenters. The third-order valence-corrected chi connectivity index (χ3v) is 6.32. The molecule has 1 N–H and O–H groups in total. The predicted octanol–water partition coefficient (Wildman–Crippen LogP) is 2.82. The molecule has 2 aliphatic heterocycles. The first-order chi connectivity index (χ1) is 12.6. The quantitative estimate of drug-likeness (QED) is 0.774. The number of aromatic nitrogens is 1. The van der Waals surface area contributed by atoms with E-state index in [2.05, 4.69) is 15.7 Å². The van der Waals surface area contributed by atoms with Crippen molar-refractivity contribution in [3.63, 3.8) is 0 Å². The zero-order valence-corrected chi connectivity index (χ0v) is 16.5. The number of carbonyl (C=O) groups excluding carboxylic acids is 2. The molecule has 3 rings (SSSR count). The van der Waals surface area contributed by atoms with Gasteiger partial charge in [0.25, 0.3) is 0 Å². The van der Waals surface area contributed by atoms with E-state index in [9.17, 15) is 9.59 Å². The minimum atomic E-state index is 0.0549. The third-order valence-electron chi connectivity index (χ3n) is 5.30. The van der Waals surface area contributed by atoms with Crippen LogP contribution in [0, 0.1) is 12.8 Å². The monoisotopic (exact) mass is 378 g/mol. The van der Waals surface area contributed by atoms with Gasteiger partial charge in [0.05, 0.1) is 5.01 Å². The van der Waals surface area contributed by atoms with Gasteiger partial charge in [0.1, 0.15) is 0 Å². The zero-order valence-electron chi connectivity index (χ0n) is 15.7. The number of hydrogen-bond acceptors (Lipinski definition) is 4. The van der Waals surface area contributed by atoms with Gasteiger partial charge in [0.15, 0.2) is 0 Å². The second-order valence-corrected chi connectivity index (χ2v) is 8.31. The molecule has 26 heavy (non-hydrogen) atoms. The highest BCUT2D eigenvalue weighted by Crippen LogP contribution is 2.20. The molecule has 0 spiro atoms. The van der Waals surface area contributed by atoms with Gasteiger partial charge < -0.3 is 15.1 Å². The number of nitrogens with one attached hydrogen (secondary N) is 1. The predicted molar refractivity (Wildman–Crippen MR) is 103 cm³/mol. The van der Waals surface area contributed by atoms with E-state index in [0.717, 1.165) is 70.3 Å². The summed E-state index contributed by atoms with van der Waals surface area (Å²) in [6.07, 6.45) is 6.82. The maximum atomic E-state index is 12.4. The van der Waals surface area contributed by atoms with Crippen molar-refractivity contribution >= 4 is 23.3 Å². The number of unbranched alkanes of at least 4 members (excludes halogenated alkanes) is 1. The number of rotatable bonds is 6. The van der Waals surface area contributed by atoms with E-state index in [1.165, 1.54) is 5.01 Å². The van der Waals surface area contributed by atoms with Gasteiger partial charge in [-0.2, -0.15) is 0 Å². The first kappa shape index (κ1) is 19.1. The van der Waals surface area contributed by atoms with Crippen LogP contribution in [-0.2, 0) is 11.2 Å². The number of aryl methyl sites for hydroxylation is 2. The second kappa shape index (κ2) is 9.35. The Morgan fingerprint density at radius 1 is 1.15 bits per heavy atom. The molecule has 3 heterocycles. The zero-order chi connectivity index (χ0) is 18.4. The van der Waals surface area contributed by atoms with E-state index in [4.69, 9.17) is 0 Å². The molecule has 0 atom stereocenters. The fraction of sp³-hybridized carbons (Fsp3) is 0.737. The first-order valence-electron chi connectivity index (χ1n) is 9.86. The molecule has 6 nitrogen and oxygen atoms in total. The maximum Gasteiger partial charge on any atom is 0.319 e. The summed E-state index contributed by atoms with van der Waals surface area (Å²) in [5.74, 6) is 0.211. The highest BCUT2D eigenvalue weighted by Gasteiger charge is 2.30. The summed E-state index contributed by atoms with van der Waals surface area (Å²) in [6, 6.07) is 0.166. The van der Waals surface area contributed by atoms with Crippen LogP contribution in [0.25, 0.3) is 0 Å². The average Bonchev–Trinajstić information content (AvgIpc) is 3.33. The molecule has 1 aromatic rings. The lowest BCUT2D eigenvalue weighted by Gasteiger charge is -2.34. The van der Waals surface area contributed by atoms with Gasteiger partial charge in [-0.1, -0.05) is 0 Å². The van der Waals surface area contributed by atoms with Crippen LogP contribution in [0.4, 0.5) is 4.79 Å². The number of thiazole rings is 1. The molecule has 0 aromatic carbocycles. The van der Waals surface area contributed by atoms with Gasteiger partial charge in [-0.05, 0) is 51.9 Å². The summed E-state index contributed by atoms with van der Waals surface area (Å²) in [4.78, 5) is 33.1. The molecule has 0 bridgehead atoms. The molecular formula is C19H30N4O2S. The van der Waals surface area contributed by atoms with Crippen LogP contribution in [0.2, 0.25) is 0 Å². The number of urea groups is 1. The van der Waals surface area contributed by atoms with E-state index in [-0.39, 0.29) is 17.9 Å². The van der Waals surface area contributed by atoms with Gasteiger partial charge >= 0.3 is 6.03 Å². The summed E-state index contributed by atoms with van der Waals surface area (Å²) in [7, 11) is 0. The smallest absolute Gasteiger partial charge is 0.319 e. The average molecular weight is 379 g/mol. The molecule has 0 radical (unpaired) electrons. The Bertz CT molecular complexity index is 604. The van der Waals surface area contributed by atoms with Crippen molar-refractivity contribution in [1.29, 1.82) is 0 Å². The molecule has 2 saturated heterocycles. The SMILES string of the molecule is Cc1csc(CCCCNC(=O)C2CCN(C(=O)N3CCCC3)CC2)n1. The van der Waals surface area contributed by atoms with Gasteiger partial charge in [0, 0.05) is 49.7 Å². The number of piperidine rings is 1. The van der Waals surface area contributed by atoms with E-state index < -0.39 is 0 Å². The number of likely N-dealkylation sites (tertiary alicyclic amines) is 2. The number of amides is 3. The lowest BCUT2D eigenvalue weighted by atomic mass is 9.96. The Kier molecular flexibility index (Phi) is 6.88. The minimum absolute atomic E-state index is 0.0549. The van der Waals surface area contributed by atoms with Crippen LogP contribution < -0.4 is 5.32 Å². The Morgan fingerprint density at radius 2 is 1.85 bits per heavy atom. The Hall–Kier alpha value is -1.63. The molecule has 3 amide bonds. The van der Waals surface area contributed by atoms with E-state index in [1.807, 2.05) is 16.7 Å². The highest BCUT2D eigenvalue weighted by atomic mass is 32.1. The molecule has 1 aromatic heterocycles. The fourth-order valence-corrected chi connectivity index (χ4v) is 4.53. The van der Waals surface area contributed by atoms with Crippen LogP contribution in [0.15, 0.2) is 5.38 Å². The van der Waals surface area contributed by atoms with Crippen molar-refractivity contribution in [2.45, 2.75) is 51.9 Å². The number of nitrogens with zero attached hydrogens (tertiary/aromatic N) is 3. The van der Waals surface area contributed by atoms with Crippen LogP contribution in [0.3, 0.4) is 0 Å². The van der Waals surface area contributed by atoms with Crippen LogP contribution >= 0.6 is 11.3 Å². The summed E-state index contributed by atoms with van der Waals surface area (Å²) >= 11 is 1.71. The van der Waals surface area contributed by atoms with Gasteiger partial charge in [0.2, 0.25) is 5.91 Å². The van der Waals surface area contributed by atoms with E-state index in [1.54, 1.807) is 11.3 Å². The van der Waals surface area contributed by atoms with Crippen molar-refractivity contribution in [3.8, 4) is 0 Å². The van der Waals surface area contributed by atoms with Crippen molar-refractivity contribution < 1.29 is 9.59 Å². The molecule has 0 aliphatic carbocycles. The van der Waals surface area contributed by atoms with Crippen LogP contribution in [-0.4, -0.2) is 59.4 Å². The molecular weight excluding hydrogens is 348 g/mol. The number of hydrogen-bond donors (Lipinski definition) is 1. The Balaban J connectivity index is 1.29. The highest BCUT2D eigenvalue weighted by molar-refractivity contribution is 7.09. The van der Waals surface area contributed by atoms with Crippen molar-refractivity contribution in [3.05, 3.63) is 16.1 Å². The lowest BCUT2D eigenvalue weighted by molar-refractivity contribution is -0.126. The van der Waals surface area contributed by atoms with Crippen molar-refractivity contribution in [2.24, 2.45) is 5.92 Å². The summed E-state index contributed by atoms with van der Waals surface area (Å²) in [5.41, 5.74) is 1.09. The van der Waals surface area contributed by atoms with Gasteiger partial charge in [-0.15, -0.1) is 11.3 Å². The third kappa shape index (κ3) is 5.19. The van der Waals surface area contributed by atoms with E-state index >= 15 is 0 Å². The molecule has 144 valence electrons. The van der Waals surface area contributed by atoms with Gasteiger partial charge in [-0.3, -0.25) is 4.79 Å². The maximum absolute atomic E-state index is 12.4. The summed E-state index contributed by atoms with van der Waals surface area (Å²) < 4.78 is 0. The van der Waals surface area contributed by atoms with E-state index in [0.29, 0.717) is 13.1 Å². The summed E-state index contributed by atoms with van der Waals surface area (Å²) in [6.45, 7) is 5.94. The Labute approximate surface area is 160 Å². The van der Waals surface area contributed by atoms with Crippen molar-refractivity contribution in [1.82, 2.24) is 20.1 Å². The minimum Gasteiger partial charge on any atom is -0.356 e. The molecule has 0 saturated carbocycles. The topological polar surface area (TPSA) is 65.5 Å². The van der Waals surface area contributed by atoms with Crippen LogP contribution in [0.1, 0.15) is 49.2 Å². The van der Waals surface area contributed by atoms with Crippen LogP contribution in [0.5, 0.6) is 0 Å². The second-order valence-electron chi connectivity index (χ2n) is 7.37. The standard InChI is InChI=1S/C19H30N4O2S/c1-15-14-26-17(21-15)6-2-3-9-20-18(24)16-7-12-23(13-8-16)19(25)22-10-4-5-11-22/h14,16H,2-13H2,1H3,(H,20,24). The molecule has 7 heteroatoms. The largest absolute Gasteiger partial charge is 0.356 e. The molecule has 2 aliphatic rings. The normalized spacial score (nSPS) is 18.3. The van der Waals surface area contributed by atoms with Gasteiger partial charge in [-0.25, -0.2) is 9.78 Å². The molecule has 2 fully saturated rings. The fourth-order valence-electron chi connectivity index (χ4n) is 3.72. The Morgan fingerprint density at radius 3 is 2.50 bits per heavy atom. The lowest BCUT2D eigenvalue weighted by Crippen LogP contribution is -2.47. The number of carbonyl (C=O) groups is 2. The first-order valence-corrected chi connectivity index (χ1v) is 10.7. The summed E-state index contributed by atoms with van der Waals surface area (Å²) in [5, 5.41) is 6.34.